The Hall–Kier alpha value is -3.47. The summed E-state index contributed by atoms with van der Waals surface area (Å²) in [5, 5.41) is 9.15. The molecule has 2 fully saturated rings. The summed E-state index contributed by atoms with van der Waals surface area (Å²) in [6.07, 6.45) is 5.66. The van der Waals surface area contributed by atoms with Crippen molar-refractivity contribution in [1.82, 2.24) is 19.8 Å². The van der Waals surface area contributed by atoms with Crippen LogP contribution >= 0.6 is 0 Å². The van der Waals surface area contributed by atoms with Crippen LogP contribution < -0.4 is 5.73 Å². The van der Waals surface area contributed by atoms with Gasteiger partial charge < -0.3 is 15.5 Å². The van der Waals surface area contributed by atoms with Gasteiger partial charge >= 0.3 is 0 Å². The minimum Gasteiger partial charge on any atom is -0.381 e. The molecule has 0 spiro atoms. The molecule has 1 aromatic carbocycles. The lowest BCUT2D eigenvalue weighted by atomic mass is 9.80. The molecule has 154 valence electrons. The van der Waals surface area contributed by atoms with Crippen molar-refractivity contribution < 1.29 is 9.59 Å². The summed E-state index contributed by atoms with van der Waals surface area (Å²) in [6, 6.07) is 8.56. The lowest BCUT2D eigenvalue weighted by Gasteiger charge is -2.42. The predicted octanol–water partition coefficient (Wildman–Crippen LogP) is 2.07. The molecule has 8 nitrogen and oxygen atoms in total. The quantitative estimate of drug-likeness (QED) is 0.834. The molecule has 2 aromatic rings. The van der Waals surface area contributed by atoms with Crippen LogP contribution in [0.2, 0.25) is 0 Å². The lowest BCUT2D eigenvalue weighted by Crippen LogP contribution is -2.58. The summed E-state index contributed by atoms with van der Waals surface area (Å²) in [5.74, 6) is 0.442. The van der Waals surface area contributed by atoms with E-state index in [0.717, 1.165) is 19.3 Å². The van der Waals surface area contributed by atoms with Gasteiger partial charge in [0, 0.05) is 31.3 Å². The topological polar surface area (TPSA) is 116 Å². The molecule has 8 heteroatoms. The van der Waals surface area contributed by atoms with Gasteiger partial charge in [0.25, 0.3) is 5.91 Å². The average Bonchev–Trinajstić information content (AvgIpc) is 2.73. The Bertz CT molecular complexity index is 1030. The van der Waals surface area contributed by atoms with Crippen molar-refractivity contribution >= 4 is 17.6 Å². The molecule has 2 N–H and O–H groups in total. The Balaban J connectivity index is 1.61. The number of carbonyl (C=O) groups is 2. The van der Waals surface area contributed by atoms with Gasteiger partial charge in [-0.05, 0) is 24.5 Å². The van der Waals surface area contributed by atoms with Crippen LogP contribution in [0.15, 0.2) is 30.5 Å². The highest BCUT2D eigenvalue weighted by molar-refractivity contribution is 5.99. The first-order chi connectivity index (χ1) is 14.5. The number of anilines is 1. The molecule has 2 heterocycles. The van der Waals surface area contributed by atoms with Gasteiger partial charge in [0.05, 0.1) is 11.9 Å². The number of piperazine rings is 1. The fourth-order valence-electron chi connectivity index (χ4n) is 4.02. The van der Waals surface area contributed by atoms with Crippen LogP contribution in [0.3, 0.4) is 0 Å². The van der Waals surface area contributed by atoms with Crippen LogP contribution in [0.5, 0.6) is 0 Å². The first-order valence-electron chi connectivity index (χ1n) is 10.2. The van der Waals surface area contributed by atoms with Gasteiger partial charge in [-0.25, -0.2) is 9.97 Å². The standard InChI is InChI=1S/C22H24N6O2/c1-27-8-9-28(19(22(27)30)10-14-4-2-5-14)21(29)16-7-3-6-15(11-16)18-13-25-20(24)17(12-23)26-18/h3,6-7,11,13-14,19H,2,4-5,8-10H2,1H3,(H2,24,25). The molecule has 1 saturated carbocycles. The van der Waals surface area contributed by atoms with Crippen LogP contribution in [-0.2, 0) is 4.79 Å². The second kappa shape index (κ2) is 8.11. The smallest absolute Gasteiger partial charge is 0.254 e. The largest absolute Gasteiger partial charge is 0.381 e. The highest BCUT2D eigenvalue weighted by Gasteiger charge is 2.38. The second-order valence-electron chi connectivity index (χ2n) is 7.99. The van der Waals surface area contributed by atoms with E-state index in [1.165, 1.54) is 12.6 Å². The molecule has 2 amide bonds. The van der Waals surface area contributed by atoms with Crippen molar-refractivity contribution in [2.45, 2.75) is 31.7 Å². The number of amides is 2. The first-order valence-corrected chi connectivity index (χ1v) is 10.2. The van der Waals surface area contributed by atoms with Crippen molar-refractivity contribution in [3.05, 3.63) is 41.7 Å². The zero-order chi connectivity index (χ0) is 21.3. The van der Waals surface area contributed by atoms with Crippen molar-refractivity contribution in [1.29, 1.82) is 5.26 Å². The number of carbonyl (C=O) groups excluding carboxylic acids is 2. The van der Waals surface area contributed by atoms with Gasteiger partial charge in [-0.15, -0.1) is 0 Å². The Morgan fingerprint density at radius 3 is 2.83 bits per heavy atom. The van der Waals surface area contributed by atoms with Crippen LogP contribution in [-0.4, -0.2) is 57.8 Å². The molecule has 1 saturated heterocycles. The van der Waals surface area contributed by atoms with Crippen LogP contribution in [0, 0.1) is 17.2 Å². The number of hydrogen-bond donors (Lipinski definition) is 1. The molecule has 0 radical (unpaired) electrons. The van der Waals surface area contributed by atoms with Crippen molar-refractivity contribution in [3.63, 3.8) is 0 Å². The van der Waals surface area contributed by atoms with Gasteiger partial charge in [0.1, 0.15) is 12.1 Å². The summed E-state index contributed by atoms with van der Waals surface area (Å²) in [4.78, 5) is 37.9. The Morgan fingerprint density at radius 1 is 1.33 bits per heavy atom. The van der Waals surface area contributed by atoms with Crippen LogP contribution in [0.4, 0.5) is 5.82 Å². The van der Waals surface area contributed by atoms with Crippen molar-refractivity contribution in [2.24, 2.45) is 5.92 Å². The second-order valence-corrected chi connectivity index (χ2v) is 7.99. The van der Waals surface area contributed by atoms with Crippen molar-refractivity contribution in [2.75, 3.05) is 25.9 Å². The first kappa shape index (κ1) is 19.8. The molecule has 30 heavy (non-hydrogen) atoms. The molecular formula is C22H24N6O2. The highest BCUT2D eigenvalue weighted by Crippen LogP contribution is 2.33. The minimum absolute atomic E-state index is 0.0146. The number of hydrogen-bond acceptors (Lipinski definition) is 6. The number of nitrogens with zero attached hydrogens (tertiary/aromatic N) is 5. The van der Waals surface area contributed by atoms with Gasteiger partial charge in [-0.1, -0.05) is 31.4 Å². The number of aromatic nitrogens is 2. The summed E-state index contributed by atoms with van der Waals surface area (Å²) >= 11 is 0. The minimum atomic E-state index is -0.410. The van der Waals surface area contributed by atoms with E-state index in [1.54, 1.807) is 41.1 Å². The predicted molar refractivity (Wildman–Crippen MR) is 111 cm³/mol. The monoisotopic (exact) mass is 404 g/mol. The maximum atomic E-state index is 13.4. The van der Waals surface area contributed by atoms with Gasteiger partial charge in [-0.2, -0.15) is 5.26 Å². The average molecular weight is 404 g/mol. The Kier molecular flexibility index (Phi) is 5.36. The molecule has 1 aliphatic heterocycles. The maximum Gasteiger partial charge on any atom is 0.254 e. The zero-order valence-corrected chi connectivity index (χ0v) is 16.9. The number of benzene rings is 1. The number of nitriles is 1. The summed E-state index contributed by atoms with van der Waals surface area (Å²) in [7, 11) is 1.80. The fourth-order valence-corrected chi connectivity index (χ4v) is 4.02. The number of nitrogen functional groups attached to an aromatic ring is 1. The van der Waals surface area contributed by atoms with Gasteiger partial charge in [0.15, 0.2) is 11.5 Å². The number of likely N-dealkylation sites (N-methyl/N-ethyl adjacent to an activating group) is 1. The summed E-state index contributed by atoms with van der Waals surface area (Å²) in [5.41, 5.74) is 7.33. The normalized spacial score (nSPS) is 19.3. The van der Waals surface area contributed by atoms with Crippen molar-refractivity contribution in [3.8, 4) is 17.3 Å². The Labute approximate surface area is 175 Å². The molecule has 0 bridgehead atoms. The molecular weight excluding hydrogens is 380 g/mol. The maximum absolute atomic E-state index is 13.4. The van der Waals surface area contributed by atoms with E-state index in [0.29, 0.717) is 35.8 Å². The van der Waals surface area contributed by atoms with E-state index in [4.69, 9.17) is 11.0 Å². The molecule has 1 unspecified atom stereocenters. The molecule has 2 aliphatic rings. The number of nitrogens with two attached hydrogens (primary N) is 1. The van der Waals surface area contributed by atoms with E-state index in [2.05, 4.69) is 9.97 Å². The fraction of sp³-hybridized carbons (Fsp3) is 0.409. The SMILES string of the molecule is CN1CCN(C(=O)c2cccc(-c3cnc(N)c(C#N)n3)c2)C(CC2CCC2)C1=O. The summed E-state index contributed by atoms with van der Waals surface area (Å²) in [6.45, 7) is 1.04. The van der Waals surface area contributed by atoms with Gasteiger partial charge in [0.2, 0.25) is 5.91 Å². The van der Waals surface area contributed by atoms with Crippen LogP contribution in [0.1, 0.15) is 41.7 Å². The van der Waals surface area contributed by atoms with E-state index in [9.17, 15) is 9.59 Å². The van der Waals surface area contributed by atoms with E-state index in [1.807, 2.05) is 6.07 Å². The third kappa shape index (κ3) is 3.71. The van der Waals surface area contributed by atoms with E-state index >= 15 is 0 Å². The zero-order valence-electron chi connectivity index (χ0n) is 16.9. The molecule has 4 rings (SSSR count). The van der Waals surface area contributed by atoms with Gasteiger partial charge in [-0.3, -0.25) is 9.59 Å². The molecule has 1 aliphatic carbocycles. The van der Waals surface area contributed by atoms with Crippen LogP contribution in [0.25, 0.3) is 11.3 Å². The van der Waals surface area contributed by atoms with E-state index in [-0.39, 0.29) is 23.3 Å². The Morgan fingerprint density at radius 2 is 2.13 bits per heavy atom. The van der Waals surface area contributed by atoms with E-state index < -0.39 is 6.04 Å². The third-order valence-corrected chi connectivity index (χ3v) is 6.07. The molecule has 1 atom stereocenters. The third-order valence-electron chi connectivity index (χ3n) is 6.07. The lowest BCUT2D eigenvalue weighted by molar-refractivity contribution is -0.139. The molecule has 1 aromatic heterocycles. The highest BCUT2D eigenvalue weighted by atomic mass is 16.2. The number of rotatable bonds is 4. The summed E-state index contributed by atoms with van der Waals surface area (Å²) < 4.78 is 0.